The molecule has 102 valence electrons. The molecule has 4 rings (SSSR count). The van der Waals surface area contributed by atoms with E-state index in [0.29, 0.717) is 0 Å². The average molecular weight is 290 g/mol. The van der Waals surface area contributed by atoms with Gasteiger partial charge in [0.15, 0.2) is 0 Å². The summed E-state index contributed by atoms with van der Waals surface area (Å²) in [5.74, 6) is 0.891. The molecule has 0 aliphatic rings. The lowest BCUT2D eigenvalue weighted by molar-refractivity contribution is 0.415. The fourth-order valence-electron chi connectivity index (χ4n) is 2.75. The summed E-state index contributed by atoms with van der Waals surface area (Å²) in [5.41, 5.74) is 2.52. The molecule has 3 aromatic carbocycles. The minimum absolute atomic E-state index is 0.891. The number of ether oxygens (including phenoxy) is 1. The maximum atomic E-state index is 5.24. The number of hydrogen-bond donors (Lipinski definition) is 0. The lowest BCUT2D eigenvalue weighted by atomic mass is 10.0. The molecule has 4 aromatic rings. The Hall–Kier alpha value is -2.32. The molecule has 0 amide bonds. The molecule has 0 spiro atoms. The van der Waals surface area contributed by atoms with Gasteiger partial charge in [0.25, 0.3) is 0 Å². The number of benzene rings is 3. The van der Waals surface area contributed by atoms with Gasteiger partial charge < -0.3 is 4.74 Å². The zero-order chi connectivity index (χ0) is 14.2. The summed E-state index contributed by atoms with van der Waals surface area (Å²) in [5, 5.41) is 2.68. The molecule has 0 atom stereocenters. The smallest absolute Gasteiger partial charge is 0.118 e. The molecule has 21 heavy (non-hydrogen) atoms. The SMILES string of the molecule is COc1ccc(-c2cccc3c2sc2ccccc23)cc1. The predicted molar refractivity (Wildman–Crippen MR) is 91.3 cm³/mol. The zero-order valence-electron chi connectivity index (χ0n) is 11.7. The molecule has 0 unspecified atom stereocenters. The van der Waals surface area contributed by atoms with Gasteiger partial charge >= 0.3 is 0 Å². The third kappa shape index (κ3) is 1.99. The van der Waals surface area contributed by atoms with Crippen LogP contribution >= 0.6 is 11.3 Å². The summed E-state index contributed by atoms with van der Waals surface area (Å²) in [6.45, 7) is 0. The Morgan fingerprint density at radius 1 is 0.762 bits per heavy atom. The molecule has 0 aliphatic heterocycles. The Kier molecular flexibility index (Phi) is 2.90. The second-order valence-electron chi connectivity index (χ2n) is 5.01. The molecule has 0 fully saturated rings. The maximum absolute atomic E-state index is 5.24. The fraction of sp³-hybridized carbons (Fsp3) is 0.0526. The van der Waals surface area contributed by atoms with Crippen LogP contribution in [0.15, 0.2) is 66.7 Å². The first kappa shape index (κ1) is 12.4. The van der Waals surface area contributed by atoms with Crippen LogP contribution in [0.5, 0.6) is 5.75 Å². The van der Waals surface area contributed by atoms with E-state index in [0.717, 1.165) is 5.75 Å². The Morgan fingerprint density at radius 2 is 1.52 bits per heavy atom. The molecule has 0 bridgehead atoms. The summed E-state index contributed by atoms with van der Waals surface area (Å²) < 4.78 is 7.94. The van der Waals surface area contributed by atoms with Gasteiger partial charge in [-0.05, 0) is 29.3 Å². The van der Waals surface area contributed by atoms with Crippen LogP contribution in [0.25, 0.3) is 31.3 Å². The standard InChI is InChI=1S/C19H14OS/c1-20-14-11-9-13(10-12-14)15-6-4-7-17-16-5-2-3-8-18(16)21-19(15)17/h2-12H,1H3. The number of thiophene rings is 1. The molecule has 0 aliphatic carbocycles. The molecule has 0 saturated carbocycles. The summed E-state index contributed by atoms with van der Waals surface area (Å²) in [7, 11) is 1.70. The van der Waals surface area contributed by atoms with E-state index in [9.17, 15) is 0 Å². The van der Waals surface area contributed by atoms with Gasteiger partial charge in [-0.15, -0.1) is 11.3 Å². The van der Waals surface area contributed by atoms with E-state index in [-0.39, 0.29) is 0 Å². The largest absolute Gasteiger partial charge is 0.497 e. The van der Waals surface area contributed by atoms with E-state index in [1.165, 1.54) is 31.3 Å². The summed E-state index contributed by atoms with van der Waals surface area (Å²) >= 11 is 1.86. The minimum Gasteiger partial charge on any atom is -0.497 e. The highest BCUT2D eigenvalue weighted by molar-refractivity contribution is 7.26. The van der Waals surface area contributed by atoms with Gasteiger partial charge in [0.2, 0.25) is 0 Å². The number of methoxy groups -OCH3 is 1. The van der Waals surface area contributed by atoms with E-state index in [4.69, 9.17) is 4.74 Å². The van der Waals surface area contributed by atoms with Crippen LogP contribution in [0.1, 0.15) is 0 Å². The highest BCUT2D eigenvalue weighted by Crippen LogP contribution is 2.39. The van der Waals surface area contributed by atoms with Gasteiger partial charge in [0, 0.05) is 20.2 Å². The third-order valence-corrected chi connectivity index (χ3v) is 5.03. The molecule has 0 radical (unpaired) electrons. The van der Waals surface area contributed by atoms with Crippen molar-refractivity contribution in [1.82, 2.24) is 0 Å². The van der Waals surface area contributed by atoms with Crippen LogP contribution in [-0.4, -0.2) is 7.11 Å². The summed E-state index contributed by atoms with van der Waals surface area (Å²) in [6, 6.07) is 23.4. The number of rotatable bonds is 2. The van der Waals surface area contributed by atoms with Crippen LogP contribution in [0.2, 0.25) is 0 Å². The molecule has 0 saturated heterocycles. The first-order valence-corrected chi connectivity index (χ1v) is 7.73. The van der Waals surface area contributed by atoms with Crippen molar-refractivity contribution in [2.45, 2.75) is 0 Å². The lowest BCUT2D eigenvalue weighted by Crippen LogP contribution is -1.82. The molecule has 1 nitrogen and oxygen atoms in total. The Morgan fingerprint density at radius 3 is 2.33 bits per heavy atom. The first-order valence-electron chi connectivity index (χ1n) is 6.91. The van der Waals surface area contributed by atoms with E-state index in [1.54, 1.807) is 7.11 Å². The average Bonchev–Trinajstić information content (AvgIpc) is 2.94. The van der Waals surface area contributed by atoms with Crippen molar-refractivity contribution in [2.75, 3.05) is 7.11 Å². The van der Waals surface area contributed by atoms with E-state index in [1.807, 2.05) is 23.5 Å². The van der Waals surface area contributed by atoms with Crippen LogP contribution in [0.3, 0.4) is 0 Å². The zero-order valence-corrected chi connectivity index (χ0v) is 12.5. The van der Waals surface area contributed by atoms with Crippen molar-refractivity contribution in [1.29, 1.82) is 0 Å². The number of hydrogen-bond acceptors (Lipinski definition) is 2. The van der Waals surface area contributed by atoms with Crippen LogP contribution in [0, 0.1) is 0 Å². The van der Waals surface area contributed by atoms with E-state index in [2.05, 4.69) is 54.6 Å². The normalized spacial score (nSPS) is 11.1. The monoisotopic (exact) mass is 290 g/mol. The molecular formula is C19H14OS. The molecule has 0 N–H and O–H groups in total. The lowest BCUT2D eigenvalue weighted by Gasteiger charge is -2.05. The second kappa shape index (κ2) is 4.90. The highest BCUT2D eigenvalue weighted by atomic mass is 32.1. The van der Waals surface area contributed by atoms with Gasteiger partial charge in [0.05, 0.1) is 7.11 Å². The predicted octanol–water partition coefficient (Wildman–Crippen LogP) is 5.73. The Balaban J connectivity index is 1.99. The van der Waals surface area contributed by atoms with Crippen molar-refractivity contribution in [2.24, 2.45) is 0 Å². The minimum atomic E-state index is 0.891. The van der Waals surface area contributed by atoms with E-state index >= 15 is 0 Å². The van der Waals surface area contributed by atoms with Crippen molar-refractivity contribution in [3.05, 3.63) is 66.7 Å². The maximum Gasteiger partial charge on any atom is 0.118 e. The van der Waals surface area contributed by atoms with Crippen molar-refractivity contribution in [3.8, 4) is 16.9 Å². The summed E-state index contributed by atoms with van der Waals surface area (Å²) in [6.07, 6.45) is 0. The van der Waals surface area contributed by atoms with Gasteiger partial charge in [0.1, 0.15) is 5.75 Å². The quantitative estimate of drug-likeness (QED) is 0.458. The van der Waals surface area contributed by atoms with Crippen molar-refractivity contribution < 1.29 is 4.74 Å². The van der Waals surface area contributed by atoms with Crippen LogP contribution in [0.4, 0.5) is 0 Å². The third-order valence-electron chi connectivity index (χ3n) is 3.81. The van der Waals surface area contributed by atoms with E-state index < -0.39 is 0 Å². The van der Waals surface area contributed by atoms with Crippen molar-refractivity contribution >= 4 is 31.5 Å². The van der Waals surface area contributed by atoms with Gasteiger partial charge in [-0.25, -0.2) is 0 Å². The Bertz CT molecular complexity index is 919. The van der Waals surface area contributed by atoms with Crippen LogP contribution < -0.4 is 4.74 Å². The fourth-order valence-corrected chi connectivity index (χ4v) is 3.98. The van der Waals surface area contributed by atoms with Gasteiger partial charge in [-0.1, -0.05) is 48.5 Å². The Labute approximate surface area is 127 Å². The van der Waals surface area contributed by atoms with Crippen molar-refractivity contribution in [3.63, 3.8) is 0 Å². The van der Waals surface area contributed by atoms with Gasteiger partial charge in [-0.3, -0.25) is 0 Å². The van der Waals surface area contributed by atoms with Crippen LogP contribution in [-0.2, 0) is 0 Å². The molecule has 1 aromatic heterocycles. The highest BCUT2D eigenvalue weighted by Gasteiger charge is 2.09. The second-order valence-corrected chi connectivity index (χ2v) is 6.06. The van der Waals surface area contributed by atoms with Gasteiger partial charge in [-0.2, -0.15) is 0 Å². The molecule has 1 heterocycles. The molecule has 2 heteroatoms. The summed E-state index contributed by atoms with van der Waals surface area (Å²) in [4.78, 5) is 0. The molecular weight excluding hydrogens is 276 g/mol. The number of fused-ring (bicyclic) bond motifs is 3. The first-order chi connectivity index (χ1) is 10.4. The topological polar surface area (TPSA) is 9.23 Å².